The van der Waals surface area contributed by atoms with Crippen LogP contribution in [-0.4, -0.2) is 13.2 Å². The molecule has 4 aliphatic rings. The molecule has 0 amide bonds. The topological polar surface area (TPSA) is 18.5 Å². The highest BCUT2D eigenvalue weighted by atomic mass is 16.5. The van der Waals surface area contributed by atoms with Gasteiger partial charge in [0.2, 0.25) is 0 Å². The highest BCUT2D eigenvalue weighted by Crippen LogP contribution is 2.44. The zero-order valence-electron chi connectivity index (χ0n) is 18.7. The van der Waals surface area contributed by atoms with Gasteiger partial charge in [0.1, 0.15) is 0 Å². The van der Waals surface area contributed by atoms with E-state index < -0.39 is 0 Å². The molecule has 30 heavy (non-hydrogen) atoms. The minimum Gasteiger partial charge on any atom is -0.373 e. The van der Waals surface area contributed by atoms with E-state index in [4.69, 9.17) is 9.47 Å². The first kappa shape index (κ1) is 20.3. The van der Waals surface area contributed by atoms with Gasteiger partial charge in [0.05, 0.1) is 25.4 Å². The number of hydrogen-bond acceptors (Lipinski definition) is 2. The third kappa shape index (κ3) is 4.09. The number of rotatable bonds is 2. The molecule has 0 unspecified atom stereocenters. The van der Waals surface area contributed by atoms with Gasteiger partial charge in [-0.3, -0.25) is 0 Å². The van der Waals surface area contributed by atoms with Crippen LogP contribution in [0, 0.1) is 25.7 Å². The first-order valence-electron chi connectivity index (χ1n) is 12.1. The van der Waals surface area contributed by atoms with Crippen molar-refractivity contribution in [1.29, 1.82) is 0 Å². The predicted molar refractivity (Wildman–Crippen MR) is 122 cm³/mol. The summed E-state index contributed by atoms with van der Waals surface area (Å²) in [5.41, 5.74) is 8.72. The Hall–Kier alpha value is -1.64. The van der Waals surface area contributed by atoms with Crippen LogP contribution in [0.2, 0.25) is 0 Å². The van der Waals surface area contributed by atoms with E-state index in [9.17, 15) is 0 Å². The third-order valence-corrected chi connectivity index (χ3v) is 7.71. The predicted octanol–water partition coefficient (Wildman–Crippen LogP) is 6.82. The van der Waals surface area contributed by atoms with Gasteiger partial charge in [-0.05, 0) is 86.5 Å². The molecule has 2 aliphatic carbocycles. The Balaban J connectivity index is 0.000000128. The van der Waals surface area contributed by atoms with E-state index >= 15 is 0 Å². The van der Waals surface area contributed by atoms with E-state index in [0.717, 1.165) is 37.9 Å². The second kappa shape index (κ2) is 8.85. The van der Waals surface area contributed by atoms with Gasteiger partial charge in [-0.2, -0.15) is 0 Å². The van der Waals surface area contributed by atoms with Crippen molar-refractivity contribution in [1.82, 2.24) is 0 Å². The molecule has 2 atom stereocenters. The highest BCUT2D eigenvalue weighted by Gasteiger charge is 2.33. The Labute approximate surface area is 182 Å². The molecule has 2 aromatic carbocycles. The van der Waals surface area contributed by atoms with E-state index in [1.165, 1.54) is 71.9 Å². The van der Waals surface area contributed by atoms with Crippen molar-refractivity contribution in [2.75, 3.05) is 13.2 Å². The van der Waals surface area contributed by atoms with Crippen LogP contribution in [0.3, 0.4) is 0 Å². The van der Waals surface area contributed by atoms with E-state index in [0.29, 0.717) is 12.2 Å². The molecule has 2 heterocycles. The molecule has 0 bridgehead atoms. The number of fused-ring (bicyclic) bond motifs is 2. The lowest BCUT2D eigenvalue weighted by Crippen LogP contribution is -2.27. The molecular weight excluding hydrogens is 368 g/mol. The van der Waals surface area contributed by atoms with E-state index in [2.05, 4.69) is 50.2 Å². The number of ether oxygens (including phenoxy) is 2. The maximum atomic E-state index is 5.96. The lowest BCUT2D eigenvalue weighted by molar-refractivity contribution is -0.0241. The number of benzene rings is 2. The SMILES string of the molecule is Cc1ccc2c(c1)[C@@H](C1CCC1)OCC2.Cc1ccc2c(c1)[C@H](C1CCC1)OCC2. The zero-order valence-corrected chi connectivity index (χ0v) is 18.7. The van der Waals surface area contributed by atoms with E-state index in [1.807, 2.05) is 0 Å². The normalized spacial score (nSPS) is 25.8. The summed E-state index contributed by atoms with van der Waals surface area (Å²) in [7, 11) is 0. The summed E-state index contributed by atoms with van der Waals surface area (Å²) in [6.07, 6.45) is 11.2. The second-order valence-electron chi connectivity index (χ2n) is 9.87. The van der Waals surface area contributed by atoms with Crippen molar-refractivity contribution in [3.8, 4) is 0 Å². The maximum absolute atomic E-state index is 5.96. The van der Waals surface area contributed by atoms with Crippen molar-refractivity contribution in [3.63, 3.8) is 0 Å². The summed E-state index contributed by atoms with van der Waals surface area (Å²) < 4.78 is 11.9. The second-order valence-corrected chi connectivity index (χ2v) is 9.87. The first-order valence-corrected chi connectivity index (χ1v) is 12.1. The maximum Gasteiger partial charge on any atom is 0.0855 e. The molecule has 0 aromatic heterocycles. The molecule has 2 heteroatoms. The fourth-order valence-electron chi connectivity index (χ4n) is 5.45. The Bertz CT molecular complexity index is 805. The largest absolute Gasteiger partial charge is 0.373 e. The van der Waals surface area contributed by atoms with Crippen molar-refractivity contribution in [2.24, 2.45) is 11.8 Å². The monoisotopic (exact) mass is 404 g/mol. The van der Waals surface area contributed by atoms with Crippen molar-refractivity contribution < 1.29 is 9.47 Å². The van der Waals surface area contributed by atoms with Crippen LogP contribution in [-0.2, 0) is 22.3 Å². The summed E-state index contributed by atoms with van der Waals surface area (Å²) in [6, 6.07) is 13.7. The quantitative estimate of drug-likeness (QED) is 0.547. The van der Waals surface area contributed by atoms with Crippen molar-refractivity contribution in [2.45, 2.75) is 77.4 Å². The lowest BCUT2D eigenvalue weighted by Gasteiger charge is -2.37. The average Bonchev–Trinajstić information content (AvgIpc) is 2.67. The van der Waals surface area contributed by atoms with Gasteiger partial charge in [-0.1, -0.05) is 60.4 Å². The Morgan fingerprint density at radius 2 is 1.07 bits per heavy atom. The third-order valence-electron chi connectivity index (χ3n) is 7.71. The van der Waals surface area contributed by atoms with Crippen LogP contribution in [0.15, 0.2) is 36.4 Å². The molecule has 0 spiro atoms. The highest BCUT2D eigenvalue weighted by molar-refractivity contribution is 5.36. The molecule has 0 saturated heterocycles. The van der Waals surface area contributed by atoms with Gasteiger partial charge in [-0.15, -0.1) is 0 Å². The zero-order chi connectivity index (χ0) is 20.5. The molecule has 2 aromatic rings. The molecule has 160 valence electrons. The summed E-state index contributed by atoms with van der Waals surface area (Å²) in [5, 5.41) is 0. The minimum absolute atomic E-state index is 0.405. The molecule has 2 aliphatic heterocycles. The van der Waals surface area contributed by atoms with Gasteiger partial charge in [0, 0.05) is 0 Å². The lowest BCUT2D eigenvalue weighted by atomic mass is 9.76. The van der Waals surface area contributed by atoms with Gasteiger partial charge >= 0.3 is 0 Å². The van der Waals surface area contributed by atoms with Crippen LogP contribution in [0.5, 0.6) is 0 Å². The Kier molecular flexibility index (Phi) is 5.98. The van der Waals surface area contributed by atoms with Crippen LogP contribution >= 0.6 is 0 Å². The van der Waals surface area contributed by atoms with E-state index in [1.54, 1.807) is 0 Å². The van der Waals surface area contributed by atoms with Gasteiger partial charge < -0.3 is 9.47 Å². The van der Waals surface area contributed by atoms with Crippen molar-refractivity contribution >= 4 is 0 Å². The fourth-order valence-corrected chi connectivity index (χ4v) is 5.45. The summed E-state index contributed by atoms with van der Waals surface area (Å²) >= 11 is 0. The standard InChI is InChI=1S/2C14H18O/c2*1-10-5-6-11-7-8-15-14(13(11)9-10)12-3-2-4-12/h2*5-6,9,12,14H,2-4,7-8H2,1H3/t2*14-/m10/s1. The summed E-state index contributed by atoms with van der Waals surface area (Å²) in [5.74, 6) is 1.59. The summed E-state index contributed by atoms with van der Waals surface area (Å²) in [4.78, 5) is 0. The minimum atomic E-state index is 0.405. The molecule has 0 radical (unpaired) electrons. The van der Waals surface area contributed by atoms with E-state index in [-0.39, 0.29) is 0 Å². The fraction of sp³-hybridized carbons (Fsp3) is 0.571. The van der Waals surface area contributed by atoms with Crippen LogP contribution < -0.4 is 0 Å². The van der Waals surface area contributed by atoms with Crippen LogP contribution in [0.4, 0.5) is 0 Å². The number of hydrogen-bond donors (Lipinski definition) is 0. The molecular formula is C28H36O2. The Morgan fingerprint density at radius 1 is 0.633 bits per heavy atom. The van der Waals surface area contributed by atoms with Gasteiger partial charge in [0.25, 0.3) is 0 Å². The van der Waals surface area contributed by atoms with Crippen molar-refractivity contribution in [3.05, 3.63) is 69.8 Å². The Morgan fingerprint density at radius 3 is 1.43 bits per heavy atom. The molecule has 2 saturated carbocycles. The smallest absolute Gasteiger partial charge is 0.0855 e. The van der Waals surface area contributed by atoms with Crippen LogP contribution in [0.1, 0.15) is 84.1 Å². The molecule has 2 fully saturated rings. The summed E-state index contributed by atoms with van der Waals surface area (Å²) in [6.45, 7) is 6.17. The molecule has 6 rings (SSSR count). The first-order chi connectivity index (χ1) is 14.7. The average molecular weight is 405 g/mol. The number of aryl methyl sites for hydroxylation is 2. The molecule has 2 nitrogen and oxygen atoms in total. The molecule has 0 N–H and O–H groups in total. The van der Waals surface area contributed by atoms with Gasteiger partial charge in [-0.25, -0.2) is 0 Å². The van der Waals surface area contributed by atoms with Crippen LogP contribution in [0.25, 0.3) is 0 Å². The van der Waals surface area contributed by atoms with Gasteiger partial charge in [0.15, 0.2) is 0 Å².